The van der Waals surface area contributed by atoms with Gasteiger partial charge >= 0.3 is 0 Å². The Morgan fingerprint density at radius 3 is 2.22 bits per heavy atom. The van der Waals surface area contributed by atoms with E-state index < -0.39 is 0 Å². The predicted molar refractivity (Wildman–Crippen MR) is 137 cm³/mol. The molecule has 0 spiro atoms. The van der Waals surface area contributed by atoms with Crippen molar-refractivity contribution in [3.8, 4) is 0 Å². The molecule has 0 bridgehead atoms. The minimum absolute atomic E-state index is 0.189. The van der Waals surface area contributed by atoms with Crippen molar-refractivity contribution in [2.75, 3.05) is 0 Å². The lowest BCUT2D eigenvalue weighted by Crippen LogP contribution is -2.11. The van der Waals surface area contributed by atoms with Crippen molar-refractivity contribution < 1.29 is 0 Å². The molecule has 0 aliphatic heterocycles. The van der Waals surface area contributed by atoms with Crippen LogP contribution in [0.5, 0.6) is 0 Å². The molecule has 3 heteroatoms. The lowest BCUT2D eigenvalue weighted by Gasteiger charge is -2.20. The minimum atomic E-state index is 0.189. The summed E-state index contributed by atoms with van der Waals surface area (Å²) in [5.74, 6) is 0. The minimum Gasteiger partial charge on any atom is -0.292 e. The molecule has 0 aliphatic carbocycles. The third-order valence-electron chi connectivity index (χ3n) is 6.06. The number of aromatic nitrogens is 3. The van der Waals surface area contributed by atoms with Gasteiger partial charge in [0.15, 0.2) is 0 Å². The summed E-state index contributed by atoms with van der Waals surface area (Å²) in [6, 6.07) is 17.6. The fraction of sp³-hybridized carbons (Fsp3) is 0.379. The van der Waals surface area contributed by atoms with Crippen LogP contribution in [0.15, 0.2) is 48.5 Å². The van der Waals surface area contributed by atoms with Gasteiger partial charge in [0.1, 0.15) is 5.65 Å². The highest BCUT2D eigenvalue weighted by atomic mass is 15.0. The molecule has 5 aromatic rings. The molecule has 3 heterocycles. The van der Waals surface area contributed by atoms with Crippen LogP contribution in [0.3, 0.4) is 0 Å². The van der Waals surface area contributed by atoms with Crippen molar-refractivity contribution >= 4 is 38.5 Å². The number of para-hydroxylation sites is 2. The molecule has 32 heavy (non-hydrogen) atoms. The third-order valence-corrected chi connectivity index (χ3v) is 6.06. The second kappa shape index (κ2) is 7.03. The fourth-order valence-corrected chi connectivity index (χ4v) is 4.97. The molecule has 5 rings (SSSR count). The molecular weight excluding hydrogens is 390 g/mol. The van der Waals surface area contributed by atoms with Gasteiger partial charge in [-0.25, -0.2) is 4.98 Å². The van der Waals surface area contributed by atoms with Crippen LogP contribution in [-0.2, 0) is 12.8 Å². The Hall–Kier alpha value is -2.94. The van der Waals surface area contributed by atoms with Gasteiger partial charge in [-0.2, -0.15) is 0 Å². The predicted octanol–water partition coefficient (Wildman–Crippen LogP) is 7.67. The summed E-state index contributed by atoms with van der Waals surface area (Å²) in [5, 5.41) is 2.36. The Balaban J connectivity index is 1.94. The normalized spacial score (nSPS) is 13.1. The number of rotatable bonds is 2. The number of hydrogen-bond acceptors (Lipinski definition) is 2. The zero-order chi connectivity index (χ0) is 22.8. The second-order valence-corrected chi connectivity index (χ2v) is 11.7. The standard InChI is InChI=1S/C29H33N3/c1-18-14-20(17-29(5,6)7)30-26-21-13-12-19(16-28(2,3)4)15-24(21)32-23-11-9-8-10-22(23)31-27(32)25(18)26/h8-15H,16-17H2,1-7H3. The van der Waals surface area contributed by atoms with Crippen LogP contribution in [-0.4, -0.2) is 14.4 Å². The van der Waals surface area contributed by atoms with E-state index in [-0.39, 0.29) is 10.8 Å². The lowest BCUT2D eigenvalue weighted by atomic mass is 9.87. The average Bonchev–Trinajstić information content (AvgIpc) is 3.04. The van der Waals surface area contributed by atoms with Crippen LogP contribution in [0.25, 0.3) is 38.5 Å². The largest absolute Gasteiger partial charge is 0.292 e. The van der Waals surface area contributed by atoms with Crippen molar-refractivity contribution in [2.24, 2.45) is 10.8 Å². The Morgan fingerprint density at radius 1 is 0.781 bits per heavy atom. The van der Waals surface area contributed by atoms with Gasteiger partial charge in [-0.15, -0.1) is 0 Å². The van der Waals surface area contributed by atoms with E-state index in [0.29, 0.717) is 0 Å². The molecule has 0 unspecified atom stereocenters. The summed E-state index contributed by atoms with van der Waals surface area (Å²) in [7, 11) is 0. The van der Waals surface area contributed by atoms with E-state index >= 15 is 0 Å². The zero-order valence-electron chi connectivity index (χ0n) is 20.4. The van der Waals surface area contributed by atoms with Gasteiger partial charge in [0.05, 0.1) is 22.1 Å². The highest BCUT2D eigenvalue weighted by Crippen LogP contribution is 2.35. The Labute approximate surface area is 190 Å². The summed E-state index contributed by atoms with van der Waals surface area (Å²) >= 11 is 0. The Kier molecular flexibility index (Phi) is 4.60. The van der Waals surface area contributed by atoms with Gasteiger partial charge in [-0.3, -0.25) is 9.38 Å². The van der Waals surface area contributed by atoms with Crippen LogP contribution in [0.4, 0.5) is 0 Å². The van der Waals surface area contributed by atoms with E-state index in [1.165, 1.54) is 22.0 Å². The summed E-state index contributed by atoms with van der Waals surface area (Å²) < 4.78 is 2.34. The number of imidazole rings is 1. The monoisotopic (exact) mass is 423 g/mol. The molecule has 0 amide bonds. The second-order valence-electron chi connectivity index (χ2n) is 11.7. The number of fused-ring (bicyclic) bond motifs is 8. The van der Waals surface area contributed by atoms with Gasteiger partial charge in [0.25, 0.3) is 0 Å². The third kappa shape index (κ3) is 3.64. The van der Waals surface area contributed by atoms with Gasteiger partial charge in [-0.05, 0) is 66.0 Å². The SMILES string of the molecule is Cc1cc(CC(C)(C)C)nc2c3ccc(CC(C)(C)C)cc3n3c4ccccc4nc3c12. The first kappa shape index (κ1) is 20.9. The number of benzene rings is 2. The molecule has 0 radical (unpaired) electrons. The molecule has 0 saturated heterocycles. The Morgan fingerprint density at radius 2 is 1.50 bits per heavy atom. The summed E-state index contributed by atoms with van der Waals surface area (Å²) in [6.45, 7) is 15.9. The van der Waals surface area contributed by atoms with Gasteiger partial charge < -0.3 is 0 Å². The maximum absolute atomic E-state index is 5.22. The summed E-state index contributed by atoms with van der Waals surface area (Å²) in [5.41, 5.74) is 9.64. The van der Waals surface area contributed by atoms with E-state index in [1.54, 1.807) is 0 Å². The molecule has 0 atom stereocenters. The van der Waals surface area contributed by atoms with Crippen molar-refractivity contribution in [1.82, 2.24) is 14.4 Å². The molecule has 164 valence electrons. The van der Waals surface area contributed by atoms with Crippen molar-refractivity contribution in [2.45, 2.75) is 61.3 Å². The smallest absolute Gasteiger partial charge is 0.148 e. The first-order valence-corrected chi connectivity index (χ1v) is 11.6. The summed E-state index contributed by atoms with van der Waals surface area (Å²) in [6.07, 6.45) is 1.99. The van der Waals surface area contributed by atoms with E-state index in [2.05, 4.69) is 101 Å². The zero-order valence-corrected chi connectivity index (χ0v) is 20.4. The first-order chi connectivity index (χ1) is 15.0. The van der Waals surface area contributed by atoms with Gasteiger partial charge in [0.2, 0.25) is 0 Å². The molecule has 3 aromatic heterocycles. The molecule has 3 nitrogen and oxygen atoms in total. The van der Waals surface area contributed by atoms with Gasteiger partial charge in [0, 0.05) is 16.5 Å². The lowest BCUT2D eigenvalue weighted by molar-refractivity contribution is 0.407. The average molecular weight is 424 g/mol. The molecular formula is C29H33N3. The number of pyridine rings is 2. The molecule has 0 saturated carbocycles. The highest BCUT2D eigenvalue weighted by Gasteiger charge is 2.20. The number of hydrogen-bond donors (Lipinski definition) is 0. The van der Waals surface area contributed by atoms with Gasteiger partial charge in [-0.1, -0.05) is 65.8 Å². The van der Waals surface area contributed by atoms with Crippen molar-refractivity contribution in [3.05, 3.63) is 65.4 Å². The van der Waals surface area contributed by atoms with Crippen LogP contribution in [0, 0.1) is 17.8 Å². The first-order valence-electron chi connectivity index (χ1n) is 11.6. The molecule has 0 fully saturated rings. The molecule has 0 aliphatic rings. The number of nitrogens with zero attached hydrogens (tertiary/aromatic N) is 3. The molecule has 2 aromatic carbocycles. The van der Waals surface area contributed by atoms with E-state index in [0.717, 1.165) is 46.1 Å². The maximum atomic E-state index is 5.22. The number of aryl methyl sites for hydroxylation is 1. The van der Waals surface area contributed by atoms with Crippen molar-refractivity contribution in [1.29, 1.82) is 0 Å². The van der Waals surface area contributed by atoms with Crippen LogP contribution >= 0.6 is 0 Å². The van der Waals surface area contributed by atoms with Crippen molar-refractivity contribution in [3.63, 3.8) is 0 Å². The van der Waals surface area contributed by atoms with Crippen LogP contribution in [0.1, 0.15) is 58.4 Å². The van der Waals surface area contributed by atoms with E-state index in [9.17, 15) is 0 Å². The fourth-order valence-electron chi connectivity index (χ4n) is 4.97. The van der Waals surface area contributed by atoms with Crippen LogP contribution < -0.4 is 0 Å². The highest BCUT2D eigenvalue weighted by molar-refractivity contribution is 6.13. The molecule has 0 N–H and O–H groups in total. The topological polar surface area (TPSA) is 30.2 Å². The van der Waals surface area contributed by atoms with E-state index in [1.807, 2.05) is 0 Å². The van der Waals surface area contributed by atoms with Crippen LogP contribution in [0.2, 0.25) is 0 Å². The maximum Gasteiger partial charge on any atom is 0.148 e. The Bertz CT molecular complexity index is 1490. The summed E-state index contributed by atoms with van der Waals surface area (Å²) in [4.78, 5) is 10.3. The van der Waals surface area contributed by atoms with E-state index in [4.69, 9.17) is 9.97 Å². The quantitative estimate of drug-likeness (QED) is 0.273.